The Morgan fingerprint density at radius 1 is 1.29 bits per heavy atom. The highest BCUT2D eigenvalue weighted by Gasteiger charge is 2.09. The van der Waals surface area contributed by atoms with E-state index in [0.29, 0.717) is 6.61 Å². The Morgan fingerprint density at radius 3 is 2.76 bits per heavy atom. The van der Waals surface area contributed by atoms with E-state index in [2.05, 4.69) is 50.2 Å². The fraction of sp³-hybridized carbons (Fsp3) is 0.562. The molecule has 0 aliphatic carbocycles. The number of rotatable bonds is 7. The molecule has 0 fully saturated rings. The molecule has 0 atom stereocenters. The molecule has 0 saturated carbocycles. The van der Waals surface area contributed by atoms with E-state index in [1.807, 2.05) is 10.9 Å². The second kappa shape index (κ2) is 7.09. The van der Waals surface area contributed by atoms with Crippen molar-refractivity contribution in [2.75, 3.05) is 0 Å². The molecule has 0 bridgehead atoms. The average molecular weight is 307 g/mol. The van der Waals surface area contributed by atoms with Crippen LogP contribution in [0.25, 0.3) is 0 Å². The largest absolute Gasteiger partial charge is 0.485 e. The summed E-state index contributed by atoms with van der Waals surface area (Å²) in [6.45, 7) is 11.1. The third-order valence-electron chi connectivity index (χ3n) is 2.95. The Kier molecular flexibility index (Phi) is 5.42. The third-order valence-corrected chi connectivity index (χ3v) is 4.01. The number of nitrogens with one attached hydrogen (secondary N) is 1. The highest BCUT2D eigenvalue weighted by Crippen LogP contribution is 2.19. The van der Waals surface area contributed by atoms with Gasteiger partial charge < -0.3 is 10.1 Å². The summed E-state index contributed by atoms with van der Waals surface area (Å²) >= 11 is 1.80. The molecule has 2 heterocycles. The topological polar surface area (TPSA) is 39.1 Å². The van der Waals surface area contributed by atoms with Gasteiger partial charge in [0.1, 0.15) is 6.61 Å². The van der Waals surface area contributed by atoms with Crippen molar-refractivity contribution in [2.24, 2.45) is 0 Å². The lowest BCUT2D eigenvalue weighted by atomic mass is 10.1. The van der Waals surface area contributed by atoms with Gasteiger partial charge in [-0.2, -0.15) is 5.10 Å². The lowest BCUT2D eigenvalue weighted by Crippen LogP contribution is -2.34. The zero-order valence-corrected chi connectivity index (χ0v) is 14.2. The first kappa shape index (κ1) is 16.0. The summed E-state index contributed by atoms with van der Waals surface area (Å²) < 4.78 is 7.70. The Labute approximate surface area is 131 Å². The minimum atomic E-state index is 0.147. The van der Waals surface area contributed by atoms with Crippen molar-refractivity contribution < 1.29 is 4.74 Å². The molecule has 5 heteroatoms. The van der Waals surface area contributed by atoms with Crippen LogP contribution < -0.4 is 10.1 Å². The monoisotopic (exact) mass is 307 g/mol. The molecule has 0 aromatic carbocycles. The number of nitrogens with zero attached hydrogens (tertiary/aromatic N) is 2. The van der Waals surface area contributed by atoms with E-state index in [0.717, 1.165) is 25.3 Å². The van der Waals surface area contributed by atoms with Gasteiger partial charge in [0.2, 0.25) is 0 Å². The Hall–Kier alpha value is -1.33. The van der Waals surface area contributed by atoms with E-state index in [1.165, 1.54) is 9.75 Å². The lowest BCUT2D eigenvalue weighted by molar-refractivity contribution is 0.309. The molecular formula is C16H25N3OS. The van der Waals surface area contributed by atoms with Crippen molar-refractivity contribution in [2.45, 2.75) is 59.4 Å². The lowest BCUT2D eigenvalue weighted by Gasteiger charge is -2.19. The molecule has 4 nitrogen and oxygen atoms in total. The highest BCUT2D eigenvalue weighted by molar-refractivity contribution is 7.11. The molecule has 0 saturated heterocycles. The molecule has 1 N–H and O–H groups in total. The summed E-state index contributed by atoms with van der Waals surface area (Å²) in [7, 11) is 0. The van der Waals surface area contributed by atoms with E-state index in [9.17, 15) is 0 Å². The maximum Gasteiger partial charge on any atom is 0.157 e. The molecule has 0 radical (unpaired) electrons. The molecule has 116 valence electrons. The first-order valence-corrected chi connectivity index (χ1v) is 8.26. The second-order valence-corrected chi connectivity index (χ2v) is 7.45. The Bertz CT molecular complexity index is 554. The van der Waals surface area contributed by atoms with Gasteiger partial charge in [-0.25, -0.2) is 0 Å². The van der Waals surface area contributed by atoms with Crippen molar-refractivity contribution in [1.82, 2.24) is 15.1 Å². The van der Waals surface area contributed by atoms with Gasteiger partial charge in [0, 0.05) is 28.4 Å². The van der Waals surface area contributed by atoms with Crippen molar-refractivity contribution >= 4 is 11.3 Å². The highest BCUT2D eigenvalue weighted by atomic mass is 32.1. The smallest absolute Gasteiger partial charge is 0.157 e. The van der Waals surface area contributed by atoms with E-state index in [4.69, 9.17) is 4.74 Å². The quantitative estimate of drug-likeness (QED) is 0.845. The number of hydrogen-bond donors (Lipinski definition) is 1. The molecule has 0 aliphatic heterocycles. The summed E-state index contributed by atoms with van der Waals surface area (Å²) in [5.74, 6) is 0.839. The number of aromatic nitrogens is 2. The minimum absolute atomic E-state index is 0.147. The Balaban J connectivity index is 1.81. The predicted molar refractivity (Wildman–Crippen MR) is 87.8 cm³/mol. The standard InChI is InChI=1S/C16H25N3OS/c1-5-8-19-11-13(9-18-19)20-12-15-7-6-14(21-15)10-17-16(2,3)4/h6-7,9,11,17H,5,8,10,12H2,1-4H3. The fourth-order valence-electron chi connectivity index (χ4n) is 1.87. The van der Waals surface area contributed by atoms with Gasteiger partial charge in [-0.05, 0) is 39.3 Å². The van der Waals surface area contributed by atoms with Crippen LogP contribution >= 0.6 is 11.3 Å². The van der Waals surface area contributed by atoms with Crippen LogP contribution in [-0.2, 0) is 19.7 Å². The molecule has 0 unspecified atom stereocenters. The first-order chi connectivity index (χ1) is 9.96. The van der Waals surface area contributed by atoms with Crippen LogP contribution in [0.2, 0.25) is 0 Å². The van der Waals surface area contributed by atoms with Crippen molar-refractivity contribution in [3.05, 3.63) is 34.3 Å². The van der Waals surface area contributed by atoms with E-state index in [1.54, 1.807) is 17.5 Å². The summed E-state index contributed by atoms with van der Waals surface area (Å²) in [5.41, 5.74) is 0.147. The van der Waals surface area contributed by atoms with Gasteiger partial charge >= 0.3 is 0 Å². The third kappa shape index (κ3) is 5.52. The van der Waals surface area contributed by atoms with E-state index in [-0.39, 0.29) is 5.54 Å². The van der Waals surface area contributed by atoms with Crippen LogP contribution in [0, 0.1) is 0 Å². The SMILES string of the molecule is CCCn1cc(OCc2ccc(CNC(C)(C)C)s2)cn1. The number of ether oxygens (including phenoxy) is 1. The molecule has 2 aromatic heterocycles. The molecule has 0 spiro atoms. The van der Waals surface area contributed by atoms with Gasteiger partial charge in [-0.1, -0.05) is 6.92 Å². The summed E-state index contributed by atoms with van der Waals surface area (Å²) in [6, 6.07) is 4.31. The van der Waals surface area contributed by atoms with Gasteiger partial charge in [0.05, 0.1) is 12.4 Å². The van der Waals surface area contributed by atoms with Crippen LogP contribution in [0.4, 0.5) is 0 Å². The molecule has 2 aromatic rings. The summed E-state index contributed by atoms with van der Waals surface area (Å²) in [5, 5.41) is 7.76. The second-order valence-electron chi connectivity index (χ2n) is 6.20. The van der Waals surface area contributed by atoms with Crippen molar-refractivity contribution in [3.63, 3.8) is 0 Å². The summed E-state index contributed by atoms with van der Waals surface area (Å²) in [6.07, 6.45) is 4.82. The maximum absolute atomic E-state index is 5.78. The zero-order chi connectivity index (χ0) is 15.3. The molecule has 21 heavy (non-hydrogen) atoms. The van der Waals surface area contributed by atoms with Gasteiger partial charge in [-0.15, -0.1) is 11.3 Å². The number of hydrogen-bond acceptors (Lipinski definition) is 4. The predicted octanol–water partition coefficient (Wildman–Crippen LogP) is 3.82. The van der Waals surface area contributed by atoms with E-state index < -0.39 is 0 Å². The first-order valence-electron chi connectivity index (χ1n) is 7.44. The van der Waals surface area contributed by atoms with Crippen LogP contribution in [0.5, 0.6) is 5.75 Å². The van der Waals surface area contributed by atoms with Crippen LogP contribution in [0.15, 0.2) is 24.5 Å². The van der Waals surface area contributed by atoms with Crippen molar-refractivity contribution in [1.29, 1.82) is 0 Å². The number of thiophene rings is 1. The zero-order valence-electron chi connectivity index (χ0n) is 13.3. The summed E-state index contributed by atoms with van der Waals surface area (Å²) in [4.78, 5) is 2.58. The average Bonchev–Trinajstić information content (AvgIpc) is 3.02. The molecule has 0 amide bonds. The minimum Gasteiger partial charge on any atom is -0.485 e. The van der Waals surface area contributed by atoms with Crippen LogP contribution in [-0.4, -0.2) is 15.3 Å². The van der Waals surface area contributed by atoms with Crippen LogP contribution in [0.1, 0.15) is 43.9 Å². The fourth-order valence-corrected chi connectivity index (χ4v) is 2.74. The van der Waals surface area contributed by atoms with E-state index >= 15 is 0 Å². The Morgan fingerprint density at radius 2 is 2.05 bits per heavy atom. The maximum atomic E-state index is 5.78. The van der Waals surface area contributed by atoms with Crippen molar-refractivity contribution in [3.8, 4) is 5.75 Å². The molecule has 0 aliphatic rings. The molecular weight excluding hydrogens is 282 g/mol. The van der Waals surface area contributed by atoms with Crippen LogP contribution in [0.3, 0.4) is 0 Å². The number of aryl methyl sites for hydroxylation is 1. The molecule has 2 rings (SSSR count). The van der Waals surface area contributed by atoms with Gasteiger partial charge in [0.15, 0.2) is 5.75 Å². The normalized spacial score (nSPS) is 11.8. The van der Waals surface area contributed by atoms with Gasteiger partial charge in [0.25, 0.3) is 0 Å². The van der Waals surface area contributed by atoms with Gasteiger partial charge in [-0.3, -0.25) is 4.68 Å².